The number of benzene rings is 1. The molecule has 5 rings (SSSR count). The lowest BCUT2D eigenvalue weighted by atomic mass is 9.53. The Morgan fingerprint density at radius 1 is 1.04 bits per heavy atom. The maximum atomic E-state index is 12.3. The molecule has 4 aliphatic rings. The van der Waals surface area contributed by atoms with Crippen molar-refractivity contribution in [2.75, 3.05) is 6.61 Å². The molecule has 24 heavy (non-hydrogen) atoms. The van der Waals surface area contributed by atoms with Crippen molar-refractivity contribution in [3.63, 3.8) is 0 Å². The van der Waals surface area contributed by atoms with Gasteiger partial charge in [-0.3, -0.25) is 4.79 Å². The first kappa shape index (κ1) is 15.9. The number of ether oxygens (including phenoxy) is 1. The summed E-state index contributed by atoms with van der Waals surface area (Å²) in [6.45, 7) is -0.219. The Bertz CT molecular complexity index is 620. The number of hydrogen-bond donors (Lipinski definition) is 1. The molecular formula is C19H22ClNO3. The zero-order valence-electron chi connectivity index (χ0n) is 13.6. The van der Waals surface area contributed by atoms with Gasteiger partial charge in [0.1, 0.15) is 0 Å². The van der Waals surface area contributed by atoms with E-state index in [1.165, 1.54) is 19.3 Å². The van der Waals surface area contributed by atoms with Crippen LogP contribution in [-0.2, 0) is 9.53 Å². The molecule has 0 radical (unpaired) electrons. The Morgan fingerprint density at radius 3 is 2.12 bits per heavy atom. The lowest BCUT2D eigenvalue weighted by molar-refractivity contribution is -0.130. The van der Waals surface area contributed by atoms with Gasteiger partial charge >= 0.3 is 5.97 Å². The second kappa shape index (κ2) is 6.07. The third-order valence-electron chi connectivity index (χ3n) is 5.86. The summed E-state index contributed by atoms with van der Waals surface area (Å²) in [6.07, 6.45) is 7.28. The van der Waals surface area contributed by atoms with Crippen molar-refractivity contribution >= 4 is 23.5 Å². The summed E-state index contributed by atoms with van der Waals surface area (Å²) >= 11 is 5.80. The lowest BCUT2D eigenvalue weighted by Gasteiger charge is -2.56. The highest BCUT2D eigenvalue weighted by molar-refractivity contribution is 6.30. The van der Waals surface area contributed by atoms with E-state index < -0.39 is 5.97 Å². The van der Waals surface area contributed by atoms with E-state index >= 15 is 0 Å². The van der Waals surface area contributed by atoms with E-state index in [0.29, 0.717) is 10.6 Å². The molecule has 1 N–H and O–H groups in total. The molecule has 0 spiro atoms. The number of rotatable bonds is 4. The molecule has 0 aromatic heterocycles. The van der Waals surface area contributed by atoms with Crippen molar-refractivity contribution in [2.24, 2.45) is 17.8 Å². The minimum atomic E-state index is -0.493. The molecule has 0 saturated heterocycles. The van der Waals surface area contributed by atoms with Crippen LogP contribution >= 0.6 is 11.6 Å². The van der Waals surface area contributed by atoms with E-state index in [-0.39, 0.29) is 18.1 Å². The van der Waals surface area contributed by atoms with Crippen molar-refractivity contribution in [2.45, 2.75) is 44.1 Å². The molecule has 4 nitrogen and oxygen atoms in total. The topological polar surface area (TPSA) is 55.4 Å². The Balaban J connectivity index is 1.32. The Hall–Kier alpha value is -1.55. The molecule has 4 saturated carbocycles. The summed E-state index contributed by atoms with van der Waals surface area (Å²) in [5, 5.41) is 3.76. The summed E-state index contributed by atoms with van der Waals surface area (Å²) in [6, 6.07) is 6.46. The van der Waals surface area contributed by atoms with Crippen molar-refractivity contribution in [3.05, 3.63) is 34.9 Å². The monoisotopic (exact) mass is 347 g/mol. The molecule has 4 bridgehead atoms. The minimum Gasteiger partial charge on any atom is -0.452 e. The van der Waals surface area contributed by atoms with Gasteiger partial charge in [0.05, 0.1) is 5.56 Å². The van der Waals surface area contributed by atoms with Gasteiger partial charge in [-0.15, -0.1) is 0 Å². The smallest absolute Gasteiger partial charge is 0.338 e. The van der Waals surface area contributed by atoms with Crippen molar-refractivity contribution in [1.82, 2.24) is 5.32 Å². The van der Waals surface area contributed by atoms with Gasteiger partial charge in [0.15, 0.2) is 6.61 Å². The quantitative estimate of drug-likeness (QED) is 0.847. The number of carbonyl (C=O) groups is 2. The molecule has 5 heteroatoms. The third kappa shape index (κ3) is 3.16. The maximum Gasteiger partial charge on any atom is 0.338 e. The van der Waals surface area contributed by atoms with Gasteiger partial charge in [-0.1, -0.05) is 11.6 Å². The fraction of sp³-hybridized carbons (Fsp3) is 0.579. The van der Waals surface area contributed by atoms with E-state index in [4.69, 9.17) is 16.3 Å². The maximum absolute atomic E-state index is 12.3. The molecule has 1 amide bonds. The van der Waals surface area contributed by atoms with E-state index in [1.54, 1.807) is 24.3 Å². The summed E-state index contributed by atoms with van der Waals surface area (Å²) in [7, 11) is 0. The van der Waals surface area contributed by atoms with Gasteiger partial charge in [0, 0.05) is 10.6 Å². The summed E-state index contributed by atoms with van der Waals surface area (Å²) in [5.74, 6) is 1.64. The van der Waals surface area contributed by atoms with Gasteiger partial charge in [-0.2, -0.15) is 0 Å². The van der Waals surface area contributed by atoms with Gasteiger partial charge < -0.3 is 10.1 Å². The molecule has 0 aliphatic heterocycles. The molecular weight excluding hydrogens is 326 g/mol. The summed E-state index contributed by atoms with van der Waals surface area (Å²) < 4.78 is 5.15. The van der Waals surface area contributed by atoms with Crippen LogP contribution in [0, 0.1) is 17.8 Å². The molecule has 4 fully saturated rings. The predicted molar refractivity (Wildman–Crippen MR) is 90.8 cm³/mol. The van der Waals surface area contributed by atoms with Crippen LogP contribution in [0.25, 0.3) is 0 Å². The van der Waals surface area contributed by atoms with Crippen LogP contribution in [0.3, 0.4) is 0 Å². The highest BCUT2D eigenvalue weighted by Crippen LogP contribution is 2.55. The molecule has 1 aromatic rings. The van der Waals surface area contributed by atoms with Crippen LogP contribution in [0.1, 0.15) is 48.9 Å². The van der Waals surface area contributed by atoms with Crippen LogP contribution in [0.15, 0.2) is 24.3 Å². The molecule has 0 atom stereocenters. The van der Waals surface area contributed by atoms with E-state index in [2.05, 4.69) is 5.32 Å². The number of hydrogen-bond acceptors (Lipinski definition) is 3. The van der Waals surface area contributed by atoms with Gasteiger partial charge in [-0.25, -0.2) is 4.79 Å². The van der Waals surface area contributed by atoms with Crippen LogP contribution < -0.4 is 5.32 Å². The second-order valence-corrected chi connectivity index (χ2v) is 8.27. The summed E-state index contributed by atoms with van der Waals surface area (Å²) in [4.78, 5) is 24.3. The van der Waals surface area contributed by atoms with Crippen molar-refractivity contribution in [1.29, 1.82) is 0 Å². The lowest BCUT2D eigenvalue weighted by Crippen LogP contribution is -2.60. The van der Waals surface area contributed by atoms with Crippen LogP contribution in [0.5, 0.6) is 0 Å². The average Bonchev–Trinajstić information content (AvgIpc) is 2.51. The fourth-order valence-corrected chi connectivity index (χ4v) is 5.52. The van der Waals surface area contributed by atoms with E-state index in [1.807, 2.05) is 0 Å². The summed E-state index contributed by atoms with van der Waals surface area (Å²) in [5.41, 5.74) is 0.361. The largest absolute Gasteiger partial charge is 0.452 e. The first-order valence-electron chi connectivity index (χ1n) is 8.75. The normalized spacial score (nSPS) is 33.3. The Kier molecular flexibility index (Phi) is 4.03. The average molecular weight is 348 g/mol. The van der Waals surface area contributed by atoms with Gasteiger partial charge in [0.25, 0.3) is 5.91 Å². The highest BCUT2D eigenvalue weighted by Gasteiger charge is 2.51. The highest BCUT2D eigenvalue weighted by atomic mass is 35.5. The number of nitrogens with one attached hydrogen (secondary N) is 1. The number of esters is 1. The number of amides is 1. The first-order chi connectivity index (χ1) is 11.5. The minimum absolute atomic E-state index is 0.0431. The van der Waals surface area contributed by atoms with Crippen LogP contribution in [0.2, 0.25) is 5.02 Å². The zero-order chi connectivity index (χ0) is 16.7. The Labute approximate surface area is 146 Å². The van der Waals surface area contributed by atoms with E-state index in [0.717, 1.165) is 37.0 Å². The molecule has 0 heterocycles. The zero-order valence-corrected chi connectivity index (χ0v) is 14.3. The SMILES string of the molecule is O=C(COC(=O)c1ccc(Cl)cc1)NC12CC3CC(CC(C3)C1)C2. The molecule has 4 aliphatic carbocycles. The third-order valence-corrected chi connectivity index (χ3v) is 6.11. The van der Waals surface area contributed by atoms with E-state index in [9.17, 15) is 9.59 Å². The van der Waals surface area contributed by atoms with Crippen LogP contribution in [0.4, 0.5) is 0 Å². The molecule has 128 valence electrons. The van der Waals surface area contributed by atoms with Gasteiger partial charge in [0.2, 0.25) is 0 Å². The number of carbonyl (C=O) groups excluding carboxylic acids is 2. The van der Waals surface area contributed by atoms with Gasteiger partial charge in [-0.05, 0) is 80.5 Å². The predicted octanol–water partition coefficient (Wildman–Crippen LogP) is 3.58. The van der Waals surface area contributed by atoms with Crippen LogP contribution in [-0.4, -0.2) is 24.0 Å². The number of halogens is 1. The van der Waals surface area contributed by atoms with Crippen molar-refractivity contribution < 1.29 is 14.3 Å². The Morgan fingerprint density at radius 2 is 1.58 bits per heavy atom. The first-order valence-corrected chi connectivity index (χ1v) is 9.13. The molecule has 1 aromatic carbocycles. The second-order valence-electron chi connectivity index (χ2n) is 7.83. The molecule has 0 unspecified atom stereocenters. The standard InChI is InChI=1S/C19H22ClNO3/c20-16-3-1-15(2-4-16)18(23)24-11-17(22)21-19-8-12-5-13(9-19)7-14(6-12)10-19/h1-4,12-14H,5-11H2,(H,21,22). The fourth-order valence-electron chi connectivity index (χ4n) is 5.40. The van der Waals surface area contributed by atoms with Crippen molar-refractivity contribution in [3.8, 4) is 0 Å².